The number of amides is 3. The zero-order valence-electron chi connectivity index (χ0n) is 19.5. The zero-order chi connectivity index (χ0) is 24.8. The van der Waals surface area contributed by atoms with Crippen LogP contribution in [-0.2, 0) is 20.7 Å². The second-order valence-electron chi connectivity index (χ2n) is 9.29. The molecule has 3 amide bonds. The van der Waals surface area contributed by atoms with E-state index in [1.807, 2.05) is 0 Å². The molecule has 0 bridgehead atoms. The Morgan fingerprint density at radius 1 is 1.27 bits per heavy atom. The molecule has 1 saturated heterocycles. The van der Waals surface area contributed by atoms with Crippen LogP contribution in [0.4, 0.5) is 4.79 Å². The summed E-state index contributed by atoms with van der Waals surface area (Å²) in [5, 5.41) is 17.2. The Kier molecular flexibility index (Phi) is 9.82. The average Bonchev–Trinajstić information content (AvgIpc) is 2.91. The van der Waals surface area contributed by atoms with Crippen LogP contribution in [0.3, 0.4) is 0 Å². The molecular weight excluding hydrogens is 469 g/mol. The maximum atomic E-state index is 12.7. The van der Waals surface area contributed by atoms with Gasteiger partial charge < -0.3 is 25.4 Å². The molecule has 1 aliphatic heterocycles. The summed E-state index contributed by atoms with van der Waals surface area (Å²) in [6.07, 6.45) is 0.285. The van der Waals surface area contributed by atoms with Crippen molar-refractivity contribution in [3.8, 4) is 0 Å². The van der Waals surface area contributed by atoms with Crippen LogP contribution >= 0.6 is 23.2 Å². The monoisotopic (exact) mass is 501 g/mol. The summed E-state index contributed by atoms with van der Waals surface area (Å²) in [5.74, 6) is -0.699. The summed E-state index contributed by atoms with van der Waals surface area (Å²) in [6, 6.07) is 3.61. The van der Waals surface area contributed by atoms with E-state index in [9.17, 15) is 19.5 Å². The number of halogens is 2. The van der Waals surface area contributed by atoms with Crippen LogP contribution in [0.25, 0.3) is 0 Å². The smallest absolute Gasteiger partial charge is 0.410 e. The number of likely N-dealkylation sites (N-methyl/N-ethyl adjacent to an activating group) is 1. The lowest BCUT2D eigenvalue weighted by molar-refractivity contribution is -0.130. The Labute approximate surface area is 204 Å². The minimum atomic E-state index is -1.22. The molecule has 10 heteroatoms. The third-order valence-corrected chi connectivity index (χ3v) is 6.06. The molecular formula is C23H33Cl2N3O5. The normalized spacial score (nSPS) is 18.5. The Morgan fingerprint density at radius 3 is 2.61 bits per heavy atom. The molecule has 33 heavy (non-hydrogen) atoms. The highest BCUT2D eigenvalue weighted by molar-refractivity contribution is 6.42. The quantitative estimate of drug-likeness (QED) is 0.531. The molecule has 1 aromatic carbocycles. The number of nitrogens with zero attached hydrogens (tertiary/aromatic N) is 1. The summed E-state index contributed by atoms with van der Waals surface area (Å²) >= 11 is 12.1. The summed E-state index contributed by atoms with van der Waals surface area (Å²) in [5.41, 5.74) is 0.00156. The van der Waals surface area contributed by atoms with Crippen molar-refractivity contribution in [2.75, 3.05) is 13.6 Å². The summed E-state index contributed by atoms with van der Waals surface area (Å²) in [4.78, 5) is 38.7. The molecule has 3 N–H and O–H groups in total. The van der Waals surface area contributed by atoms with E-state index in [-0.39, 0.29) is 18.7 Å². The SMILES string of the molecule is CN(C(=O)OC(C)(C)C)[C@H](Cc1ccc(Cl)c(Cl)c1)[C@H](O)CC(=O)NC1CCCCNC1=O. The predicted molar refractivity (Wildman–Crippen MR) is 127 cm³/mol. The van der Waals surface area contributed by atoms with Crippen LogP contribution in [0, 0.1) is 0 Å². The summed E-state index contributed by atoms with van der Waals surface area (Å²) in [7, 11) is 1.51. The standard InChI is InChI=1S/C23H33Cl2N3O5/c1-23(2,3)33-22(32)28(4)18(12-14-8-9-15(24)16(25)11-14)19(29)13-20(30)27-17-7-5-6-10-26-21(17)31/h8-9,11,17-19,29H,5-7,10,12-13H2,1-4H3,(H,26,31)(H,27,30)/t17?,18-,19-/m1/s1. The van der Waals surface area contributed by atoms with Gasteiger partial charge in [0.2, 0.25) is 11.8 Å². The van der Waals surface area contributed by atoms with Crippen molar-refractivity contribution < 1.29 is 24.2 Å². The van der Waals surface area contributed by atoms with Gasteiger partial charge in [-0.3, -0.25) is 9.59 Å². The van der Waals surface area contributed by atoms with E-state index in [1.54, 1.807) is 39.0 Å². The van der Waals surface area contributed by atoms with Crippen LogP contribution < -0.4 is 10.6 Å². The van der Waals surface area contributed by atoms with E-state index in [0.717, 1.165) is 18.4 Å². The molecule has 1 heterocycles. The second-order valence-corrected chi connectivity index (χ2v) is 10.1. The molecule has 3 atom stereocenters. The molecule has 1 fully saturated rings. The van der Waals surface area contributed by atoms with Crippen molar-refractivity contribution in [1.82, 2.24) is 15.5 Å². The summed E-state index contributed by atoms with van der Waals surface area (Å²) in [6.45, 7) is 5.82. The van der Waals surface area contributed by atoms with E-state index < -0.39 is 35.8 Å². The largest absolute Gasteiger partial charge is 0.444 e. The van der Waals surface area contributed by atoms with Crippen molar-refractivity contribution in [1.29, 1.82) is 0 Å². The molecule has 184 valence electrons. The van der Waals surface area contributed by atoms with E-state index >= 15 is 0 Å². The lowest BCUT2D eigenvalue weighted by atomic mass is 9.97. The van der Waals surface area contributed by atoms with Crippen molar-refractivity contribution in [3.05, 3.63) is 33.8 Å². The number of carbonyl (C=O) groups excluding carboxylic acids is 3. The number of hydrogen-bond acceptors (Lipinski definition) is 5. The molecule has 2 rings (SSSR count). The number of ether oxygens (including phenoxy) is 1. The van der Waals surface area contributed by atoms with Gasteiger partial charge >= 0.3 is 6.09 Å². The minimum absolute atomic E-state index is 0.213. The van der Waals surface area contributed by atoms with Gasteiger partial charge in [-0.1, -0.05) is 29.3 Å². The van der Waals surface area contributed by atoms with Gasteiger partial charge in [0.1, 0.15) is 11.6 Å². The van der Waals surface area contributed by atoms with Gasteiger partial charge in [-0.25, -0.2) is 4.79 Å². The predicted octanol–water partition coefficient (Wildman–Crippen LogP) is 3.31. The molecule has 1 aliphatic rings. The first-order chi connectivity index (χ1) is 15.4. The van der Waals surface area contributed by atoms with Crippen LogP contribution in [0.1, 0.15) is 52.0 Å². The lowest BCUT2D eigenvalue weighted by Gasteiger charge is -2.33. The number of benzene rings is 1. The average molecular weight is 502 g/mol. The number of aliphatic hydroxyl groups is 1. The van der Waals surface area contributed by atoms with Crippen molar-refractivity contribution in [2.24, 2.45) is 0 Å². The number of hydrogen-bond donors (Lipinski definition) is 3. The van der Waals surface area contributed by atoms with Gasteiger partial charge in [0.05, 0.1) is 28.6 Å². The van der Waals surface area contributed by atoms with Crippen LogP contribution in [-0.4, -0.2) is 65.3 Å². The first-order valence-electron chi connectivity index (χ1n) is 11.0. The van der Waals surface area contributed by atoms with Crippen molar-refractivity contribution in [3.63, 3.8) is 0 Å². The lowest BCUT2D eigenvalue weighted by Crippen LogP contribution is -2.51. The Bertz CT molecular complexity index is 859. The van der Waals surface area contributed by atoms with Crippen molar-refractivity contribution >= 4 is 41.1 Å². The topological polar surface area (TPSA) is 108 Å². The molecule has 0 aromatic heterocycles. The number of rotatable bonds is 7. The first kappa shape index (κ1) is 27.2. The number of nitrogens with one attached hydrogen (secondary N) is 2. The Morgan fingerprint density at radius 2 is 1.97 bits per heavy atom. The van der Waals surface area contributed by atoms with E-state index in [4.69, 9.17) is 27.9 Å². The van der Waals surface area contributed by atoms with Crippen molar-refractivity contribution in [2.45, 2.75) is 76.7 Å². The fourth-order valence-electron chi connectivity index (χ4n) is 3.56. The maximum absolute atomic E-state index is 12.7. The van der Waals surface area contributed by atoms with Gasteiger partial charge in [-0.2, -0.15) is 0 Å². The van der Waals surface area contributed by atoms with Gasteiger partial charge in [0.25, 0.3) is 0 Å². The first-order valence-corrected chi connectivity index (χ1v) is 11.8. The number of aliphatic hydroxyl groups excluding tert-OH is 1. The summed E-state index contributed by atoms with van der Waals surface area (Å²) < 4.78 is 5.44. The zero-order valence-corrected chi connectivity index (χ0v) is 21.0. The van der Waals surface area contributed by atoms with Gasteiger partial charge in [0.15, 0.2) is 0 Å². The van der Waals surface area contributed by atoms with Gasteiger partial charge in [0, 0.05) is 13.6 Å². The van der Waals surface area contributed by atoms with Gasteiger partial charge in [-0.05, 0) is 64.2 Å². The van der Waals surface area contributed by atoms with E-state index in [2.05, 4.69) is 10.6 Å². The van der Waals surface area contributed by atoms with Gasteiger partial charge in [-0.15, -0.1) is 0 Å². The molecule has 1 aromatic rings. The fraction of sp³-hybridized carbons (Fsp3) is 0.609. The molecule has 1 unspecified atom stereocenters. The molecule has 0 radical (unpaired) electrons. The third kappa shape index (κ3) is 8.68. The fourth-order valence-corrected chi connectivity index (χ4v) is 3.89. The Balaban J connectivity index is 2.15. The van der Waals surface area contributed by atoms with E-state index in [0.29, 0.717) is 23.0 Å². The second kappa shape index (κ2) is 11.9. The minimum Gasteiger partial charge on any atom is -0.444 e. The highest BCUT2D eigenvalue weighted by Gasteiger charge is 2.33. The third-order valence-electron chi connectivity index (χ3n) is 5.32. The van der Waals surface area contributed by atoms with E-state index in [1.165, 1.54) is 11.9 Å². The molecule has 8 nitrogen and oxygen atoms in total. The molecule has 0 spiro atoms. The van der Waals surface area contributed by atoms with Crippen LogP contribution in [0.2, 0.25) is 10.0 Å². The van der Waals surface area contributed by atoms with Crippen LogP contribution in [0.15, 0.2) is 18.2 Å². The maximum Gasteiger partial charge on any atom is 0.410 e. The molecule has 0 aliphatic carbocycles. The highest BCUT2D eigenvalue weighted by atomic mass is 35.5. The van der Waals surface area contributed by atoms with Crippen LogP contribution in [0.5, 0.6) is 0 Å². The molecule has 0 saturated carbocycles. The number of carbonyl (C=O) groups is 3. The highest BCUT2D eigenvalue weighted by Crippen LogP contribution is 2.25. The Hall–Kier alpha value is -2.03.